The molecule has 7 nitrogen and oxygen atoms in total. The number of hydrogen-bond donors (Lipinski definition) is 0. The highest BCUT2D eigenvalue weighted by Gasteiger charge is 2.50. The Balaban J connectivity index is 1.19. The minimum atomic E-state index is -1.50. The maximum Gasteiger partial charge on any atom is 0.335 e. The lowest BCUT2D eigenvalue weighted by Crippen LogP contribution is -2.58. The first-order valence-electron chi connectivity index (χ1n) is 14.2. The molecule has 3 aromatic rings. The van der Waals surface area contributed by atoms with E-state index in [0.717, 1.165) is 53.6 Å². The highest BCUT2D eigenvalue weighted by Crippen LogP contribution is 2.39. The van der Waals surface area contributed by atoms with Gasteiger partial charge in [-0.3, -0.25) is 4.79 Å². The van der Waals surface area contributed by atoms with Gasteiger partial charge in [0.2, 0.25) is 0 Å². The van der Waals surface area contributed by atoms with E-state index in [1.54, 1.807) is 0 Å². The number of anilines is 1. The van der Waals surface area contributed by atoms with Crippen molar-refractivity contribution in [1.29, 1.82) is 0 Å². The summed E-state index contributed by atoms with van der Waals surface area (Å²) in [6.45, 7) is 3.14. The molecule has 3 aliphatic rings. The SMILES string of the molecule is O=C1C=CC(=O)OC2(CC(CCC(=O)c3ccc(N4CCCC4)c4ccccc34)CCN2Cc2ccccc2)O1. The molecule has 0 aliphatic carbocycles. The Morgan fingerprint density at radius 3 is 2.23 bits per heavy atom. The summed E-state index contributed by atoms with van der Waals surface area (Å²) in [5.41, 5.74) is 2.97. The van der Waals surface area contributed by atoms with Crippen molar-refractivity contribution in [3.63, 3.8) is 0 Å². The van der Waals surface area contributed by atoms with E-state index in [-0.39, 0.29) is 11.7 Å². The monoisotopic (exact) mass is 538 g/mol. The molecule has 0 aromatic heterocycles. The van der Waals surface area contributed by atoms with E-state index in [1.807, 2.05) is 59.5 Å². The minimum Gasteiger partial charge on any atom is -0.405 e. The zero-order valence-corrected chi connectivity index (χ0v) is 22.6. The molecule has 3 aliphatic heterocycles. The number of hydrogen-bond acceptors (Lipinski definition) is 7. The van der Waals surface area contributed by atoms with Gasteiger partial charge in [0.15, 0.2) is 5.78 Å². The lowest BCUT2D eigenvalue weighted by molar-refractivity contribution is -0.302. The van der Waals surface area contributed by atoms with Gasteiger partial charge in [-0.1, -0.05) is 54.6 Å². The van der Waals surface area contributed by atoms with Crippen molar-refractivity contribution < 1.29 is 23.9 Å². The number of carbonyl (C=O) groups is 3. The third-order valence-corrected chi connectivity index (χ3v) is 8.36. The number of nitrogens with zero attached hydrogens (tertiary/aromatic N) is 2. The van der Waals surface area contributed by atoms with Crippen LogP contribution in [0.15, 0.2) is 78.9 Å². The topological polar surface area (TPSA) is 76.2 Å². The maximum absolute atomic E-state index is 13.6. The summed E-state index contributed by atoms with van der Waals surface area (Å²) in [6.07, 6.45) is 6.73. The van der Waals surface area contributed by atoms with Gasteiger partial charge in [0.1, 0.15) is 0 Å². The third kappa shape index (κ3) is 5.39. The third-order valence-electron chi connectivity index (χ3n) is 8.36. The van der Waals surface area contributed by atoms with Crippen molar-refractivity contribution in [3.05, 3.63) is 90.0 Å². The summed E-state index contributed by atoms with van der Waals surface area (Å²) in [5, 5.41) is 2.11. The number of ketones is 1. The molecule has 206 valence electrons. The molecule has 40 heavy (non-hydrogen) atoms. The molecule has 2 saturated heterocycles. The number of likely N-dealkylation sites (tertiary alicyclic amines) is 1. The van der Waals surface area contributed by atoms with Crippen LogP contribution in [0.2, 0.25) is 0 Å². The minimum absolute atomic E-state index is 0.0461. The van der Waals surface area contributed by atoms with Crippen molar-refractivity contribution in [3.8, 4) is 0 Å². The molecule has 2 fully saturated rings. The number of piperidine rings is 1. The second kappa shape index (κ2) is 11.3. The van der Waals surface area contributed by atoms with E-state index in [2.05, 4.69) is 17.0 Å². The summed E-state index contributed by atoms with van der Waals surface area (Å²) in [6, 6.07) is 22.1. The van der Waals surface area contributed by atoms with E-state index in [4.69, 9.17) is 9.47 Å². The molecule has 6 rings (SSSR count). The zero-order chi connectivity index (χ0) is 27.5. The van der Waals surface area contributed by atoms with Gasteiger partial charge in [-0.2, -0.15) is 0 Å². The molecule has 0 amide bonds. The largest absolute Gasteiger partial charge is 0.405 e. The quantitative estimate of drug-likeness (QED) is 0.285. The number of esters is 2. The zero-order valence-electron chi connectivity index (χ0n) is 22.6. The van der Waals surface area contributed by atoms with Crippen molar-refractivity contribution in [2.75, 3.05) is 24.5 Å². The fourth-order valence-electron chi connectivity index (χ4n) is 6.34. The predicted octanol–water partition coefficient (Wildman–Crippen LogP) is 5.63. The summed E-state index contributed by atoms with van der Waals surface area (Å²) in [4.78, 5) is 42.9. The van der Waals surface area contributed by atoms with Gasteiger partial charge in [-0.05, 0) is 54.7 Å². The Morgan fingerprint density at radius 1 is 0.825 bits per heavy atom. The number of carbonyl (C=O) groups excluding carboxylic acids is 3. The number of rotatable bonds is 7. The van der Waals surface area contributed by atoms with Crippen molar-refractivity contribution in [1.82, 2.24) is 4.90 Å². The smallest absolute Gasteiger partial charge is 0.335 e. The molecule has 1 spiro atoms. The number of fused-ring (bicyclic) bond motifs is 1. The molecule has 1 atom stereocenters. The van der Waals surface area contributed by atoms with Gasteiger partial charge < -0.3 is 14.4 Å². The molecular formula is C33H34N2O5. The summed E-state index contributed by atoms with van der Waals surface area (Å²) in [5.74, 6) is -2.56. The first kappa shape index (κ1) is 26.3. The number of Topliss-reactive ketones (excluding diaryl/α,β-unsaturated/α-hetero) is 1. The second-order valence-electron chi connectivity index (χ2n) is 11.0. The lowest BCUT2D eigenvalue weighted by Gasteiger charge is -2.46. The first-order chi connectivity index (χ1) is 19.5. The average Bonchev–Trinajstić information content (AvgIpc) is 3.46. The molecule has 7 heteroatoms. The predicted molar refractivity (Wildman–Crippen MR) is 153 cm³/mol. The van der Waals surface area contributed by atoms with Crippen LogP contribution in [0.4, 0.5) is 5.69 Å². The van der Waals surface area contributed by atoms with E-state index in [1.165, 1.54) is 18.5 Å². The Bertz CT molecular complexity index is 1420. The van der Waals surface area contributed by atoms with Crippen LogP contribution in [0.5, 0.6) is 0 Å². The molecule has 0 bridgehead atoms. The Labute approximate surface area is 234 Å². The van der Waals surface area contributed by atoms with E-state index in [0.29, 0.717) is 32.4 Å². The van der Waals surface area contributed by atoms with Crippen molar-refractivity contribution in [2.45, 2.75) is 51.0 Å². The highest BCUT2D eigenvalue weighted by atomic mass is 16.8. The van der Waals surface area contributed by atoms with Crippen molar-refractivity contribution >= 4 is 34.2 Å². The fourth-order valence-corrected chi connectivity index (χ4v) is 6.34. The molecule has 3 aromatic carbocycles. The molecule has 0 radical (unpaired) electrons. The van der Waals surface area contributed by atoms with Crippen LogP contribution >= 0.6 is 0 Å². The van der Waals surface area contributed by atoms with Gasteiger partial charge in [-0.15, -0.1) is 0 Å². The number of ether oxygens (including phenoxy) is 2. The van der Waals surface area contributed by atoms with Crippen LogP contribution in [0, 0.1) is 5.92 Å². The number of benzene rings is 3. The lowest BCUT2D eigenvalue weighted by atomic mass is 9.87. The molecule has 0 N–H and O–H groups in total. The first-order valence-corrected chi connectivity index (χ1v) is 14.2. The fraction of sp³-hybridized carbons (Fsp3) is 0.364. The molecule has 1 unspecified atom stereocenters. The standard InChI is InChI=1S/C33H34N2O5/c36-30(28-13-14-29(34-19-6-7-20-34)27-11-5-4-10-26(27)28)15-12-24-18-21-35(23-25-8-2-1-3-9-25)33(22-24)39-31(37)16-17-32(38)40-33/h1-5,8-11,13-14,16-17,24H,6-7,12,15,18-23H2. The Hall–Kier alpha value is -3.97. The Morgan fingerprint density at radius 2 is 1.50 bits per heavy atom. The van der Waals surface area contributed by atoms with Gasteiger partial charge in [0.05, 0.1) is 0 Å². The van der Waals surface area contributed by atoms with Crippen LogP contribution in [-0.4, -0.2) is 48.2 Å². The van der Waals surface area contributed by atoms with Crippen LogP contribution < -0.4 is 4.90 Å². The van der Waals surface area contributed by atoms with Crippen LogP contribution in [-0.2, 0) is 25.6 Å². The van der Waals surface area contributed by atoms with Crippen molar-refractivity contribution in [2.24, 2.45) is 5.92 Å². The Kier molecular flexibility index (Phi) is 7.39. The van der Waals surface area contributed by atoms with E-state index < -0.39 is 17.8 Å². The highest BCUT2D eigenvalue weighted by molar-refractivity contribution is 6.11. The van der Waals surface area contributed by atoms with Crippen LogP contribution in [0.3, 0.4) is 0 Å². The summed E-state index contributed by atoms with van der Waals surface area (Å²) in [7, 11) is 0. The van der Waals surface area contributed by atoms with Gasteiger partial charge in [0, 0.05) is 67.8 Å². The second-order valence-corrected chi connectivity index (χ2v) is 11.0. The van der Waals surface area contributed by atoms with Crippen LogP contribution in [0.25, 0.3) is 10.8 Å². The van der Waals surface area contributed by atoms with Gasteiger partial charge >= 0.3 is 17.8 Å². The van der Waals surface area contributed by atoms with Gasteiger partial charge in [-0.25, -0.2) is 14.5 Å². The summed E-state index contributed by atoms with van der Waals surface area (Å²) >= 11 is 0. The van der Waals surface area contributed by atoms with E-state index in [9.17, 15) is 14.4 Å². The van der Waals surface area contributed by atoms with Crippen LogP contribution in [0.1, 0.15) is 54.4 Å². The molecule has 3 heterocycles. The van der Waals surface area contributed by atoms with Gasteiger partial charge in [0.25, 0.3) is 0 Å². The summed E-state index contributed by atoms with van der Waals surface area (Å²) < 4.78 is 11.6. The normalized spacial score (nSPS) is 20.9. The maximum atomic E-state index is 13.6. The molecular weight excluding hydrogens is 504 g/mol. The van der Waals surface area contributed by atoms with E-state index >= 15 is 0 Å². The molecule has 0 saturated carbocycles. The average molecular weight is 539 g/mol.